The number of hydrogen-bond acceptors (Lipinski definition) is 3. The van der Waals surface area contributed by atoms with Gasteiger partial charge in [-0.3, -0.25) is 4.79 Å². The van der Waals surface area contributed by atoms with Gasteiger partial charge >= 0.3 is 0 Å². The topological polar surface area (TPSA) is 41.9 Å². The van der Waals surface area contributed by atoms with E-state index >= 15 is 0 Å². The molecule has 1 fully saturated rings. The van der Waals surface area contributed by atoms with Crippen LogP contribution >= 0.6 is 0 Å². The van der Waals surface area contributed by atoms with Crippen molar-refractivity contribution >= 4 is 11.8 Å². The molecule has 1 amide bonds. The summed E-state index contributed by atoms with van der Waals surface area (Å²) in [4.78, 5) is 18.3. The molecule has 0 bridgehead atoms. The Labute approximate surface area is 103 Å². The lowest BCUT2D eigenvalue weighted by Crippen LogP contribution is -2.30. The summed E-state index contributed by atoms with van der Waals surface area (Å²) in [5, 5.41) is 0. The number of carbonyl (C=O) groups excluding carboxylic acids is 1. The van der Waals surface area contributed by atoms with Crippen molar-refractivity contribution < 1.29 is 9.53 Å². The fourth-order valence-electron chi connectivity index (χ4n) is 2.42. The molecule has 1 saturated heterocycles. The quantitative estimate of drug-likeness (QED) is 0.748. The molecular formula is C13H22N2O2. The molecule has 96 valence electrons. The van der Waals surface area contributed by atoms with E-state index in [2.05, 4.69) is 25.8 Å². The highest BCUT2D eigenvalue weighted by molar-refractivity contribution is 5.89. The number of rotatable bonds is 4. The van der Waals surface area contributed by atoms with Crippen molar-refractivity contribution in [3.63, 3.8) is 0 Å². The minimum Gasteiger partial charge on any atom is -0.478 e. The van der Waals surface area contributed by atoms with Gasteiger partial charge in [0, 0.05) is 19.5 Å². The number of likely N-dealkylation sites (tertiary alicyclic amines) is 1. The van der Waals surface area contributed by atoms with Crippen molar-refractivity contribution in [3.05, 3.63) is 0 Å². The zero-order valence-electron chi connectivity index (χ0n) is 11.0. The molecule has 2 atom stereocenters. The lowest BCUT2D eigenvalue weighted by molar-refractivity contribution is -0.128. The molecule has 0 aromatic rings. The molecule has 2 aliphatic heterocycles. The minimum absolute atomic E-state index is 0.192. The summed E-state index contributed by atoms with van der Waals surface area (Å²) in [5.74, 6) is 1.77. The highest BCUT2D eigenvalue weighted by Gasteiger charge is 2.36. The molecule has 4 heteroatoms. The van der Waals surface area contributed by atoms with E-state index in [1.807, 2.05) is 4.90 Å². The molecule has 0 aliphatic carbocycles. The van der Waals surface area contributed by atoms with Crippen LogP contribution in [0.5, 0.6) is 0 Å². The second-order valence-electron chi connectivity index (χ2n) is 5.43. The van der Waals surface area contributed by atoms with Gasteiger partial charge in [0.2, 0.25) is 5.91 Å². The minimum atomic E-state index is 0.192. The predicted octanol–water partition coefficient (Wildman–Crippen LogP) is 1.70. The van der Waals surface area contributed by atoms with Crippen LogP contribution in [0.4, 0.5) is 0 Å². The zero-order valence-corrected chi connectivity index (χ0v) is 11.0. The Morgan fingerprint density at radius 2 is 2.29 bits per heavy atom. The number of amides is 1. The van der Waals surface area contributed by atoms with E-state index in [1.165, 1.54) is 0 Å². The molecule has 0 aromatic carbocycles. The summed E-state index contributed by atoms with van der Waals surface area (Å²) in [6, 6.07) is 0.305. The molecule has 17 heavy (non-hydrogen) atoms. The Morgan fingerprint density at radius 1 is 1.53 bits per heavy atom. The van der Waals surface area contributed by atoms with Gasteiger partial charge in [-0.15, -0.1) is 0 Å². The highest BCUT2D eigenvalue weighted by atomic mass is 16.5. The number of nitrogens with zero attached hydrogens (tertiary/aromatic N) is 2. The third-order valence-electron chi connectivity index (χ3n) is 3.35. The Morgan fingerprint density at radius 3 is 2.88 bits per heavy atom. The van der Waals surface area contributed by atoms with Crippen LogP contribution in [0.15, 0.2) is 4.99 Å². The van der Waals surface area contributed by atoms with Crippen LogP contribution in [0.1, 0.15) is 33.6 Å². The second kappa shape index (κ2) is 5.07. The largest absolute Gasteiger partial charge is 0.478 e. The van der Waals surface area contributed by atoms with Gasteiger partial charge in [0.1, 0.15) is 6.61 Å². The molecule has 2 heterocycles. The van der Waals surface area contributed by atoms with Crippen LogP contribution in [-0.4, -0.2) is 42.4 Å². The summed E-state index contributed by atoms with van der Waals surface area (Å²) >= 11 is 0. The Balaban J connectivity index is 1.95. The van der Waals surface area contributed by atoms with Gasteiger partial charge in [-0.1, -0.05) is 20.8 Å². The normalized spacial score (nSPS) is 28.8. The zero-order chi connectivity index (χ0) is 12.4. The maximum atomic E-state index is 11.8. The molecular weight excluding hydrogens is 216 g/mol. The highest BCUT2D eigenvalue weighted by Crippen LogP contribution is 2.24. The van der Waals surface area contributed by atoms with Crippen molar-refractivity contribution in [2.24, 2.45) is 16.8 Å². The smallest absolute Gasteiger partial charge is 0.223 e. The van der Waals surface area contributed by atoms with Crippen molar-refractivity contribution in [3.8, 4) is 0 Å². The molecule has 0 saturated carbocycles. The van der Waals surface area contributed by atoms with Crippen LogP contribution in [0.2, 0.25) is 0 Å². The maximum absolute atomic E-state index is 11.8. The molecule has 0 radical (unpaired) electrons. The van der Waals surface area contributed by atoms with E-state index in [0.29, 0.717) is 25.0 Å². The summed E-state index contributed by atoms with van der Waals surface area (Å²) < 4.78 is 5.61. The standard InChI is InChI=1S/C13H22N2O2/c1-4-11-8-17-13(14-11)10-5-12(16)15(7-10)6-9(2)3/h9-11H,4-8H2,1-3H3. The van der Waals surface area contributed by atoms with Crippen molar-refractivity contribution in [2.45, 2.75) is 39.7 Å². The predicted molar refractivity (Wildman–Crippen MR) is 67.0 cm³/mol. The monoisotopic (exact) mass is 238 g/mol. The van der Waals surface area contributed by atoms with Crippen LogP contribution in [0, 0.1) is 11.8 Å². The fourth-order valence-corrected chi connectivity index (χ4v) is 2.42. The van der Waals surface area contributed by atoms with Gasteiger partial charge in [0.25, 0.3) is 0 Å². The summed E-state index contributed by atoms with van der Waals surface area (Å²) in [5.41, 5.74) is 0. The van der Waals surface area contributed by atoms with Gasteiger partial charge in [-0.25, -0.2) is 4.99 Å². The molecule has 4 nitrogen and oxygen atoms in total. The van der Waals surface area contributed by atoms with Gasteiger partial charge in [-0.05, 0) is 12.3 Å². The SMILES string of the molecule is CCC1COC(C2CC(=O)N(CC(C)C)C2)=N1. The molecule has 2 unspecified atom stereocenters. The van der Waals surface area contributed by atoms with E-state index in [1.54, 1.807) is 0 Å². The fraction of sp³-hybridized carbons (Fsp3) is 0.846. The number of ether oxygens (including phenoxy) is 1. The van der Waals surface area contributed by atoms with Crippen LogP contribution in [0.25, 0.3) is 0 Å². The van der Waals surface area contributed by atoms with Crippen molar-refractivity contribution in [1.82, 2.24) is 4.90 Å². The number of aliphatic imine (C=N–C) groups is 1. The number of carbonyl (C=O) groups is 1. The van der Waals surface area contributed by atoms with E-state index < -0.39 is 0 Å². The first-order valence-corrected chi connectivity index (χ1v) is 6.58. The third kappa shape index (κ3) is 2.79. The van der Waals surface area contributed by atoms with Gasteiger partial charge < -0.3 is 9.64 Å². The first-order valence-electron chi connectivity index (χ1n) is 6.58. The van der Waals surface area contributed by atoms with E-state index in [9.17, 15) is 4.79 Å². The number of hydrogen-bond donors (Lipinski definition) is 0. The second-order valence-corrected chi connectivity index (χ2v) is 5.43. The van der Waals surface area contributed by atoms with E-state index in [0.717, 1.165) is 25.4 Å². The molecule has 2 aliphatic rings. The van der Waals surface area contributed by atoms with Gasteiger partial charge in [0.05, 0.1) is 12.0 Å². The average Bonchev–Trinajstić information content (AvgIpc) is 2.85. The Kier molecular flexibility index (Phi) is 3.69. The summed E-state index contributed by atoms with van der Waals surface area (Å²) in [6.07, 6.45) is 1.59. The van der Waals surface area contributed by atoms with E-state index in [4.69, 9.17) is 4.74 Å². The average molecular weight is 238 g/mol. The third-order valence-corrected chi connectivity index (χ3v) is 3.35. The van der Waals surface area contributed by atoms with E-state index in [-0.39, 0.29) is 11.8 Å². The maximum Gasteiger partial charge on any atom is 0.223 e. The lowest BCUT2D eigenvalue weighted by atomic mass is 10.1. The Hall–Kier alpha value is -1.06. The van der Waals surface area contributed by atoms with Crippen LogP contribution in [-0.2, 0) is 9.53 Å². The first-order chi connectivity index (χ1) is 8.10. The van der Waals surface area contributed by atoms with Crippen molar-refractivity contribution in [2.75, 3.05) is 19.7 Å². The molecule has 0 N–H and O–H groups in total. The van der Waals surface area contributed by atoms with Crippen LogP contribution < -0.4 is 0 Å². The Bertz CT molecular complexity index is 325. The molecule has 0 aromatic heterocycles. The molecule has 0 spiro atoms. The summed E-state index contributed by atoms with van der Waals surface area (Å²) in [7, 11) is 0. The first kappa shape index (κ1) is 12.4. The van der Waals surface area contributed by atoms with Crippen molar-refractivity contribution in [1.29, 1.82) is 0 Å². The summed E-state index contributed by atoms with van der Waals surface area (Å²) in [6.45, 7) is 8.72. The van der Waals surface area contributed by atoms with Crippen LogP contribution in [0.3, 0.4) is 0 Å². The lowest BCUT2D eigenvalue weighted by Gasteiger charge is -2.18. The van der Waals surface area contributed by atoms with Gasteiger partial charge in [0.15, 0.2) is 5.90 Å². The molecule has 2 rings (SSSR count). The van der Waals surface area contributed by atoms with Gasteiger partial charge in [-0.2, -0.15) is 0 Å².